The molecule has 2 aromatic rings. The van der Waals surface area contributed by atoms with Gasteiger partial charge < -0.3 is 9.57 Å². The maximum absolute atomic E-state index is 12.4. The van der Waals surface area contributed by atoms with Crippen LogP contribution < -0.4 is 0 Å². The maximum atomic E-state index is 12.4. The van der Waals surface area contributed by atoms with Crippen molar-refractivity contribution in [2.75, 3.05) is 14.2 Å². The van der Waals surface area contributed by atoms with E-state index in [1.807, 2.05) is 13.8 Å². The van der Waals surface area contributed by atoms with Crippen LogP contribution in [0.15, 0.2) is 53.7 Å². The first kappa shape index (κ1) is 21.8. The van der Waals surface area contributed by atoms with Gasteiger partial charge in [0, 0.05) is 5.56 Å². The van der Waals surface area contributed by atoms with Crippen molar-refractivity contribution >= 4 is 23.5 Å². The first-order valence-electron chi connectivity index (χ1n) is 8.97. The van der Waals surface area contributed by atoms with Gasteiger partial charge in [-0.05, 0) is 17.7 Å². The van der Waals surface area contributed by atoms with E-state index in [1.165, 1.54) is 14.2 Å². The molecule has 1 aliphatic rings. The molecule has 2 amide bonds. The van der Waals surface area contributed by atoms with Crippen LogP contribution in [0.4, 0.5) is 0 Å². The summed E-state index contributed by atoms with van der Waals surface area (Å²) in [5.41, 5.74) is 1.44. The van der Waals surface area contributed by atoms with Crippen LogP contribution in [0, 0.1) is 0 Å². The van der Waals surface area contributed by atoms with Gasteiger partial charge in [-0.3, -0.25) is 14.4 Å². The number of fused-ring (bicyclic) bond motifs is 1. The van der Waals surface area contributed by atoms with E-state index in [1.54, 1.807) is 48.5 Å². The van der Waals surface area contributed by atoms with E-state index >= 15 is 0 Å². The Bertz CT molecular complexity index is 903. The third kappa shape index (κ3) is 4.49. The molecule has 0 saturated carbocycles. The first-order valence-corrected chi connectivity index (χ1v) is 8.97. The minimum atomic E-state index is -0.690. The van der Waals surface area contributed by atoms with Crippen LogP contribution in [0.5, 0.6) is 0 Å². The molecule has 1 heterocycles. The van der Waals surface area contributed by atoms with Crippen LogP contribution in [0.25, 0.3) is 0 Å². The van der Waals surface area contributed by atoms with Crippen LogP contribution in [-0.4, -0.2) is 42.8 Å². The lowest BCUT2D eigenvalue weighted by molar-refractivity contribution is -0.132. The number of benzene rings is 2. The van der Waals surface area contributed by atoms with Crippen molar-refractivity contribution in [1.29, 1.82) is 0 Å². The molecule has 0 bridgehead atoms. The number of hydrogen-bond acceptors (Lipinski definition) is 7. The number of hydroxylamine groups is 2. The van der Waals surface area contributed by atoms with Crippen molar-refractivity contribution in [3.05, 3.63) is 70.8 Å². The number of rotatable bonds is 6. The Labute approximate surface area is 168 Å². The summed E-state index contributed by atoms with van der Waals surface area (Å²) < 4.78 is 4.72. The topological polar surface area (TPSA) is 94.5 Å². The van der Waals surface area contributed by atoms with Crippen LogP contribution in [-0.2, 0) is 25.8 Å². The molecule has 152 valence electrons. The van der Waals surface area contributed by atoms with Crippen LogP contribution in [0.3, 0.4) is 0 Å². The van der Waals surface area contributed by atoms with Gasteiger partial charge in [0.1, 0.15) is 13.7 Å². The lowest BCUT2D eigenvalue weighted by Crippen LogP contribution is -2.30. The van der Waals surface area contributed by atoms with E-state index in [0.29, 0.717) is 16.2 Å². The molecule has 3 rings (SSSR count). The van der Waals surface area contributed by atoms with Gasteiger partial charge in [0.2, 0.25) is 0 Å². The Balaban J connectivity index is 0.00000145. The van der Waals surface area contributed by atoms with E-state index in [4.69, 9.17) is 14.4 Å². The molecular weight excluding hydrogens is 376 g/mol. The summed E-state index contributed by atoms with van der Waals surface area (Å²) >= 11 is 0. The zero-order valence-electron chi connectivity index (χ0n) is 16.7. The summed E-state index contributed by atoms with van der Waals surface area (Å²) in [6, 6.07) is 13.2. The second-order valence-electron chi connectivity index (χ2n) is 5.49. The highest BCUT2D eigenvalue weighted by atomic mass is 16.7. The van der Waals surface area contributed by atoms with Gasteiger partial charge in [-0.25, -0.2) is 4.79 Å². The van der Waals surface area contributed by atoms with E-state index in [-0.39, 0.29) is 23.4 Å². The lowest BCUT2D eigenvalue weighted by atomic mass is 10.0. The number of esters is 1. The Kier molecular flexibility index (Phi) is 7.62. The second kappa shape index (κ2) is 10.1. The molecule has 0 radical (unpaired) electrons. The standard InChI is InChI=1S/C19H16N2O6.C2H6/c1-25-19(24)16(20-26-2)13-8-4-3-7-12(13)11-27-21-17(22)14-9-5-6-10-15(14)18(21)23;1-2/h3-10H,11H2,1-2H3;1-2H3/b20-16+;. The molecular formula is C21H22N2O6. The quantitative estimate of drug-likeness (QED) is 0.321. The molecule has 0 atom stereocenters. The summed E-state index contributed by atoms with van der Waals surface area (Å²) in [7, 11) is 2.53. The molecule has 8 heteroatoms. The Morgan fingerprint density at radius 2 is 1.48 bits per heavy atom. The molecule has 29 heavy (non-hydrogen) atoms. The predicted octanol–water partition coefficient (Wildman–Crippen LogP) is 2.96. The SMILES string of the molecule is CC.CO/N=C(/C(=O)OC)c1ccccc1CON1C(=O)c2ccccc2C1=O. The Morgan fingerprint density at radius 1 is 0.931 bits per heavy atom. The Morgan fingerprint density at radius 3 is 2.03 bits per heavy atom. The molecule has 0 fully saturated rings. The summed E-state index contributed by atoms with van der Waals surface area (Å²) in [4.78, 5) is 46.9. The fourth-order valence-electron chi connectivity index (χ4n) is 2.68. The molecule has 0 N–H and O–H groups in total. The van der Waals surface area contributed by atoms with Crippen molar-refractivity contribution in [3.63, 3.8) is 0 Å². The van der Waals surface area contributed by atoms with Crippen molar-refractivity contribution in [1.82, 2.24) is 5.06 Å². The second-order valence-corrected chi connectivity index (χ2v) is 5.49. The molecule has 0 unspecified atom stereocenters. The van der Waals surface area contributed by atoms with Crippen LogP contribution in [0.2, 0.25) is 0 Å². The third-order valence-electron chi connectivity index (χ3n) is 3.94. The number of imide groups is 1. The Hall–Kier alpha value is -3.52. The predicted molar refractivity (Wildman–Crippen MR) is 105 cm³/mol. The average molecular weight is 398 g/mol. The number of oxime groups is 1. The van der Waals surface area contributed by atoms with Gasteiger partial charge in [0.15, 0.2) is 5.71 Å². The van der Waals surface area contributed by atoms with Gasteiger partial charge in [0.05, 0.1) is 18.2 Å². The minimum Gasteiger partial charge on any atom is -0.464 e. The molecule has 2 aromatic carbocycles. The monoisotopic (exact) mass is 398 g/mol. The van der Waals surface area contributed by atoms with Crippen LogP contribution in [0.1, 0.15) is 45.7 Å². The number of carbonyl (C=O) groups is 3. The number of nitrogens with zero attached hydrogens (tertiary/aromatic N) is 2. The number of methoxy groups -OCH3 is 1. The fraction of sp³-hybridized carbons (Fsp3) is 0.238. The molecule has 0 aliphatic carbocycles. The fourth-order valence-corrected chi connectivity index (χ4v) is 2.68. The van der Waals surface area contributed by atoms with E-state index in [0.717, 1.165) is 0 Å². The van der Waals surface area contributed by atoms with Crippen molar-refractivity contribution in [3.8, 4) is 0 Å². The van der Waals surface area contributed by atoms with Crippen LogP contribution >= 0.6 is 0 Å². The van der Waals surface area contributed by atoms with Gasteiger partial charge in [-0.15, -0.1) is 5.06 Å². The van der Waals surface area contributed by atoms with Gasteiger partial charge >= 0.3 is 5.97 Å². The number of carbonyl (C=O) groups excluding carboxylic acids is 3. The normalized spacial score (nSPS) is 12.8. The third-order valence-corrected chi connectivity index (χ3v) is 3.94. The summed E-state index contributed by atoms with van der Waals surface area (Å²) in [6.07, 6.45) is 0. The average Bonchev–Trinajstić information content (AvgIpc) is 3.02. The van der Waals surface area contributed by atoms with Gasteiger partial charge in [-0.2, -0.15) is 0 Å². The molecule has 8 nitrogen and oxygen atoms in total. The minimum absolute atomic E-state index is 0.0541. The zero-order chi connectivity index (χ0) is 21.4. The summed E-state index contributed by atoms with van der Waals surface area (Å²) in [6.45, 7) is 3.86. The van der Waals surface area contributed by atoms with E-state index < -0.39 is 17.8 Å². The van der Waals surface area contributed by atoms with Gasteiger partial charge in [0.25, 0.3) is 11.8 Å². The van der Waals surface area contributed by atoms with E-state index in [2.05, 4.69) is 5.16 Å². The maximum Gasteiger partial charge on any atom is 0.360 e. The highest BCUT2D eigenvalue weighted by Gasteiger charge is 2.36. The molecule has 0 spiro atoms. The molecule has 0 aromatic heterocycles. The smallest absolute Gasteiger partial charge is 0.360 e. The number of hydrogen-bond donors (Lipinski definition) is 0. The highest BCUT2D eigenvalue weighted by Crippen LogP contribution is 2.24. The number of ether oxygens (including phenoxy) is 1. The largest absolute Gasteiger partial charge is 0.464 e. The summed E-state index contributed by atoms with van der Waals surface area (Å²) in [5.74, 6) is -1.76. The van der Waals surface area contributed by atoms with E-state index in [9.17, 15) is 14.4 Å². The summed E-state index contributed by atoms with van der Waals surface area (Å²) in [5, 5.41) is 4.42. The number of amides is 2. The lowest BCUT2D eigenvalue weighted by Gasteiger charge is -2.15. The van der Waals surface area contributed by atoms with Gasteiger partial charge in [-0.1, -0.05) is 55.4 Å². The van der Waals surface area contributed by atoms with Crippen molar-refractivity contribution in [2.45, 2.75) is 20.5 Å². The zero-order valence-corrected chi connectivity index (χ0v) is 16.7. The van der Waals surface area contributed by atoms with Crippen molar-refractivity contribution in [2.24, 2.45) is 5.16 Å². The molecule has 0 saturated heterocycles. The molecule has 1 aliphatic heterocycles. The first-order chi connectivity index (χ1) is 14.1. The van der Waals surface area contributed by atoms with Crippen molar-refractivity contribution < 1.29 is 28.8 Å². The highest BCUT2D eigenvalue weighted by molar-refractivity contribution is 6.43.